The molecule has 3 aromatic rings. The van der Waals surface area contributed by atoms with Crippen LogP contribution < -0.4 is 4.74 Å². The summed E-state index contributed by atoms with van der Waals surface area (Å²) in [5.74, 6) is 1.15. The Labute approximate surface area is 130 Å². The molecule has 0 fully saturated rings. The van der Waals surface area contributed by atoms with Crippen LogP contribution in [-0.4, -0.2) is 31.9 Å². The van der Waals surface area contributed by atoms with Crippen molar-refractivity contribution in [2.75, 3.05) is 12.4 Å². The third-order valence-electron chi connectivity index (χ3n) is 2.89. The molecule has 1 aromatic carbocycles. The Hall–Kier alpha value is -2.61. The molecule has 0 aliphatic heterocycles. The van der Waals surface area contributed by atoms with Gasteiger partial charge in [-0.25, -0.2) is 0 Å². The van der Waals surface area contributed by atoms with Crippen LogP contribution in [0.3, 0.4) is 0 Å². The van der Waals surface area contributed by atoms with Crippen LogP contribution in [0.1, 0.15) is 0 Å². The average molecular weight is 316 g/mol. The number of hydrogen-bond donors (Lipinski definition) is 0. The van der Waals surface area contributed by atoms with Crippen molar-refractivity contribution in [3.8, 4) is 5.75 Å². The largest absolute Gasteiger partial charge is 0.492 e. The molecular formula is C14H12N4O3S. The third-order valence-corrected chi connectivity index (χ3v) is 3.80. The summed E-state index contributed by atoms with van der Waals surface area (Å²) in [7, 11) is 0. The molecule has 0 saturated heterocycles. The number of pyridine rings is 1. The number of thioether (sulfide) groups is 1. The van der Waals surface area contributed by atoms with Gasteiger partial charge in [-0.15, -0.1) is 10.2 Å². The van der Waals surface area contributed by atoms with E-state index >= 15 is 0 Å². The number of ether oxygens (including phenoxy) is 1. The molecule has 8 heteroatoms. The summed E-state index contributed by atoms with van der Waals surface area (Å²) in [6, 6.07) is 11.9. The van der Waals surface area contributed by atoms with Crippen LogP contribution in [0.5, 0.6) is 5.75 Å². The third kappa shape index (κ3) is 3.17. The number of nitro benzene ring substituents is 1. The van der Waals surface area contributed by atoms with Gasteiger partial charge in [0.1, 0.15) is 5.75 Å². The van der Waals surface area contributed by atoms with Crippen LogP contribution in [0, 0.1) is 10.1 Å². The first-order valence-electron chi connectivity index (χ1n) is 6.54. The van der Waals surface area contributed by atoms with Crippen LogP contribution >= 0.6 is 11.8 Å². The molecule has 0 saturated carbocycles. The molecule has 112 valence electrons. The van der Waals surface area contributed by atoms with Crippen molar-refractivity contribution in [1.29, 1.82) is 0 Å². The minimum atomic E-state index is -0.441. The van der Waals surface area contributed by atoms with Crippen molar-refractivity contribution < 1.29 is 9.66 Å². The number of hydrogen-bond acceptors (Lipinski definition) is 6. The minimum absolute atomic E-state index is 0.0219. The highest BCUT2D eigenvalue weighted by Crippen LogP contribution is 2.20. The first kappa shape index (κ1) is 14.3. The topological polar surface area (TPSA) is 82.6 Å². The second kappa shape index (κ2) is 6.44. The maximum absolute atomic E-state index is 10.7. The van der Waals surface area contributed by atoms with Gasteiger partial charge < -0.3 is 4.74 Å². The van der Waals surface area contributed by atoms with E-state index < -0.39 is 4.92 Å². The lowest BCUT2D eigenvalue weighted by atomic mass is 10.3. The van der Waals surface area contributed by atoms with E-state index in [0.717, 1.165) is 10.8 Å². The summed E-state index contributed by atoms with van der Waals surface area (Å²) in [6.07, 6.45) is 1.90. The van der Waals surface area contributed by atoms with Crippen molar-refractivity contribution in [1.82, 2.24) is 14.6 Å². The zero-order chi connectivity index (χ0) is 15.4. The first-order valence-corrected chi connectivity index (χ1v) is 7.52. The number of aromatic nitrogens is 3. The molecule has 2 heterocycles. The SMILES string of the molecule is O=[N+]([O-])c1cccc(OCCSc2nnc3ccccn23)c1. The monoisotopic (exact) mass is 316 g/mol. The zero-order valence-electron chi connectivity index (χ0n) is 11.5. The van der Waals surface area contributed by atoms with Crippen LogP contribution in [0.25, 0.3) is 5.65 Å². The smallest absolute Gasteiger partial charge is 0.273 e. The van der Waals surface area contributed by atoms with Crippen LogP contribution in [0.4, 0.5) is 5.69 Å². The minimum Gasteiger partial charge on any atom is -0.492 e. The summed E-state index contributed by atoms with van der Waals surface area (Å²) in [5, 5.41) is 19.7. The van der Waals surface area contributed by atoms with Crippen molar-refractivity contribution >= 4 is 23.1 Å². The molecule has 0 radical (unpaired) electrons. The molecule has 0 N–H and O–H groups in total. The second-order valence-corrected chi connectivity index (χ2v) is 5.42. The fraction of sp³-hybridized carbons (Fsp3) is 0.143. The van der Waals surface area contributed by atoms with E-state index in [2.05, 4.69) is 10.2 Å². The number of non-ortho nitro benzene ring substituents is 1. The predicted molar refractivity (Wildman–Crippen MR) is 82.3 cm³/mol. The number of nitrogens with zero attached hydrogens (tertiary/aromatic N) is 4. The van der Waals surface area contributed by atoms with Crippen molar-refractivity contribution in [2.45, 2.75) is 5.16 Å². The van der Waals surface area contributed by atoms with Gasteiger partial charge in [0.05, 0.1) is 17.6 Å². The molecule has 0 aliphatic carbocycles. The average Bonchev–Trinajstić information content (AvgIpc) is 2.95. The Morgan fingerprint density at radius 3 is 3.00 bits per heavy atom. The Balaban J connectivity index is 1.55. The lowest BCUT2D eigenvalue weighted by Crippen LogP contribution is -2.01. The van der Waals surface area contributed by atoms with Crippen molar-refractivity contribution in [2.24, 2.45) is 0 Å². The quantitative estimate of drug-likeness (QED) is 0.301. The summed E-state index contributed by atoms with van der Waals surface area (Å²) < 4.78 is 7.43. The van der Waals surface area contributed by atoms with Gasteiger partial charge in [0, 0.05) is 18.0 Å². The highest BCUT2D eigenvalue weighted by atomic mass is 32.2. The van der Waals surface area contributed by atoms with Gasteiger partial charge in [-0.1, -0.05) is 23.9 Å². The fourth-order valence-corrected chi connectivity index (χ4v) is 2.64. The molecule has 0 atom stereocenters. The van der Waals surface area contributed by atoms with E-state index in [-0.39, 0.29) is 5.69 Å². The number of fused-ring (bicyclic) bond motifs is 1. The standard InChI is InChI=1S/C14H12N4O3S/c19-18(20)11-4-3-5-12(10-11)21-8-9-22-14-16-15-13-6-1-2-7-17(13)14/h1-7,10H,8-9H2. The van der Waals surface area contributed by atoms with Crippen LogP contribution in [-0.2, 0) is 0 Å². The summed E-state index contributed by atoms with van der Waals surface area (Å²) in [6.45, 7) is 0.424. The highest BCUT2D eigenvalue weighted by Gasteiger charge is 2.07. The molecule has 22 heavy (non-hydrogen) atoms. The highest BCUT2D eigenvalue weighted by molar-refractivity contribution is 7.99. The molecule has 0 bridgehead atoms. The van der Waals surface area contributed by atoms with Gasteiger partial charge >= 0.3 is 0 Å². The fourth-order valence-electron chi connectivity index (χ4n) is 1.90. The van der Waals surface area contributed by atoms with E-state index in [1.54, 1.807) is 12.1 Å². The van der Waals surface area contributed by atoms with Gasteiger partial charge in [-0.05, 0) is 18.2 Å². The molecule has 2 aromatic heterocycles. The van der Waals surface area contributed by atoms with E-state index in [1.165, 1.54) is 23.9 Å². The normalized spacial score (nSPS) is 10.7. The number of nitro groups is 1. The first-order chi connectivity index (χ1) is 10.7. The summed E-state index contributed by atoms with van der Waals surface area (Å²) in [5.41, 5.74) is 0.818. The van der Waals surface area contributed by atoms with Crippen LogP contribution in [0.2, 0.25) is 0 Å². The molecule has 0 spiro atoms. The Morgan fingerprint density at radius 1 is 1.23 bits per heavy atom. The zero-order valence-corrected chi connectivity index (χ0v) is 12.3. The second-order valence-electron chi connectivity index (χ2n) is 4.36. The van der Waals surface area contributed by atoms with Crippen molar-refractivity contribution in [3.63, 3.8) is 0 Å². The molecular weight excluding hydrogens is 304 g/mol. The van der Waals surface area contributed by atoms with Gasteiger partial charge in [0.15, 0.2) is 10.8 Å². The lowest BCUT2D eigenvalue weighted by molar-refractivity contribution is -0.384. The maximum Gasteiger partial charge on any atom is 0.273 e. The summed E-state index contributed by atoms with van der Waals surface area (Å²) in [4.78, 5) is 10.3. The van der Waals surface area contributed by atoms with Gasteiger partial charge in [0.25, 0.3) is 5.69 Å². The molecule has 3 rings (SSSR count). The molecule has 7 nitrogen and oxygen atoms in total. The maximum atomic E-state index is 10.7. The number of benzene rings is 1. The molecule has 0 aliphatic rings. The summed E-state index contributed by atoms with van der Waals surface area (Å²) >= 11 is 1.52. The molecule has 0 amide bonds. The van der Waals surface area contributed by atoms with E-state index in [0.29, 0.717) is 18.1 Å². The molecule has 0 unspecified atom stereocenters. The van der Waals surface area contributed by atoms with Gasteiger partial charge in [-0.3, -0.25) is 14.5 Å². The van der Waals surface area contributed by atoms with E-state index in [4.69, 9.17) is 4.74 Å². The van der Waals surface area contributed by atoms with Crippen LogP contribution in [0.15, 0.2) is 53.8 Å². The Morgan fingerprint density at radius 2 is 2.14 bits per heavy atom. The van der Waals surface area contributed by atoms with Gasteiger partial charge in [-0.2, -0.15) is 0 Å². The Bertz CT molecular complexity index is 805. The number of rotatable bonds is 6. The van der Waals surface area contributed by atoms with E-state index in [9.17, 15) is 10.1 Å². The Kier molecular flexibility index (Phi) is 4.19. The van der Waals surface area contributed by atoms with Gasteiger partial charge in [0.2, 0.25) is 0 Å². The predicted octanol–water partition coefficient (Wildman–Crippen LogP) is 2.81. The van der Waals surface area contributed by atoms with E-state index in [1.807, 2.05) is 28.8 Å². The lowest BCUT2D eigenvalue weighted by Gasteiger charge is -2.05. The van der Waals surface area contributed by atoms with Crippen molar-refractivity contribution in [3.05, 3.63) is 58.8 Å².